The third-order valence-electron chi connectivity index (χ3n) is 1.99. The van der Waals surface area contributed by atoms with Crippen molar-refractivity contribution >= 4 is 17.6 Å². The molecule has 96 valence electrons. The lowest BCUT2D eigenvalue weighted by Gasteiger charge is -2.07. The molecule has 0 atom stereocenters. The third kappa shape index (κ3) is 5.34. The second-order valence-electron chi connectivity index (χ2n) is 3.32. The normalized spacial score (nSPS) is 10.5. The van der Waals surface area contributed by atoms with Crippen LogP contribution in [-0.4, -0.2) is 41.1 Å². The molecular formula is C11H19N3O2S. The van der Waals surface area contributed by atoms with Crippen LogP contribution in [0.2, 0.25) is 0 Å². The van der Waals surface area contributed by atoms with Crippen molar-refractivity contribution in [3.05, 3.63) is 11.9 Å². The van der Waals surface area contributed by atoms with Gasteiger partial charge < -0.3 is 15.2 Å². The van der Waals surface area contributed by atoms with Gasteiger partial charge in [-0.2, -0.15) is 0 Å². The number of nitrogens with zero attached hydrogens (tertiary/aromatic N) is 2. The van der Waals surface area contributed by atoms with Gasteiger partial charge in [0.25, 0.3) is 0 Å². The van der Waals surface area contributed by atoms with Gasteiger partial charge in [0.1, 0.15) is 17.5 Å². The molecule has 1 rings (SSSR count). The highest BCUT2D eigenvalue weighted by molar-refractivity contribution is 7.99. The first-order chi connectivity index (χ1) is 8.30. The largest absolute Gasteiger partial charge is 0.396 e. The Kier molecular flexibility index (Phi) is 6.91. The van der Waals surface area contributed by atoms with E-state index in [0.717, 1.165) is 23.0 Å². The van der Waals surface area contributed by atoms with Crippen molar-refractivity contribution < 1.29 is 9.84 Å². The van der Waals surface area contributed by atoms with Crippen LogP contribution in [0, 0.1) is 0 Å². The van der Waals surface area contributed by atoms with E-state index in [1.807, 2.05) is 20.0 Å². The van der Waals surface area contributed by atoms with Crippen molar-refractivity contribution in [2.24, 2.45) is 0 Å². The summed E-state index contributed by atoms with van der Waals surface area (Å²) in [6.07, 6.45) is 0.768. The lowest BCUT2D eigenvalue weighted by atomic mass is 10.5. The van der Waals surface area contributed by atoms with Crippen molar-refractivity contribution in [1.82, 2.24) is 9.97 Å². The molecule has 0 aliphatic carbocycles. The Labute approximate surface area is 106 Å². The number of ether oxygens (including phenoxy) is 1. The molecule has 1 heterocycles. The molecule has 0 amide bonds. The van der Waals surface area contributed by atoms with Crippen LogP contribution in [0.25, 0.3) is 0 Å². The first kappa shape index (κ1) is 14.2. The summed E-state index contributed by atoms with van der Waals surface area (Å²) >= 11 is 1.62. The van der Waals surface area contributed by atoms with Gasteiger partial charge in [-0.05, 0) is 13.3 Å². The van der Waals surface area contributed by atoms with E-state index in [9.17, 15) is 0 Å². The maximum Gasteiger partial charge on any atom is 0.157 e. The molecule has 6 heteroatoms. The van der Waals surface area contributed by atoms with Crippen LogP contribution in [0.4, 0.5) is 5.82 Å². The third-order valence-corrected chi connectivity index (χ3v) is 2.99. The fraction of sp³-hybridized carbons (Fsp3) is 0.636. The zero-order chi connectivity index (χ0) is 12.5. The van der Waals surface area contributed by atoms with Crippen LogP contribution < -0.4 is 5.32 Å². The minimum atomic E-state index is 0.211. The van der Waals surface area contributed by atoms with Crippen LogP contribution in [-0.2, 0) is 11.3 Å². The number of aromatic nitrogens is 2. The fourth-order valence-electron chi connectivity index (χ4n) is 1.17. The lowest BCUT2D eigenvalue weighted by molar-refractivity contribution is 0.128. The Morgan fingerprint density at radius 2 is 2.29 bits per heavy atom. The molecule has 0 bridgehead atoms. The molecule has 1 aromatic rings. The number of hydrogen-bond donors (Lipinski definition) is 2. The summed E-state index contributed by atoms with van der Waals surface area (Å²) in [5, 5.41) is 12.7. The Bertz CT molecular complexity index is 336. The molecule has 0 aliphatic rings. The van der Waals surface area contributed by atoms with Gasteiger partial charge in [-0.3, -0.25) is 0 Å². The highest BCUT2D eigenvalue weighted by atomic mass is 32.2. The average molecular weight is 257 g/mol. The Morgan fingerprint density at radius 1 is 1.47 bits per heavy atom. The Balaban J connectivity index is 2.67. The van der Waals surface area contributed by atoms with E-state index in [-0.39, 0.29) is 6.61 Å². The van der Waals surface area contributed by atoms with Crippen molar-refractivity contribution in [3.8, 4) is 0 Å². The number of anilines is 1. The summed E-state index contributed by atoms with van der Waals surface area (Å²) in [5.74, 6) is 2.33. The van der Waals surface area contributed by atoms with Gasteiger partial charge in [0.05, 0.1) is 0 Å². The molecule has 0 radical (unpaired) electrons. The van der Waals surface area contributed by atoms with E-state index < -0.39 is 0 Å². The average Bonchev–Trinajstić information content (AvgIpc) is 2.36. The molecular weight excluding hydrogens is 238 g/mol. The van der Waals surface area contributed by atoms with E-state index in [2.05, 4.69) is 15.3 Å². The molecule has 2 N–H and O–H groups in total. The van der Waals surface area contributed by atoms with Gasteiger partial charge in [0, 0.05) is 32.1 Å². The molecule has 0 unspecified atom stereocenters. The SMILES string of the molecule is CCOCc1nc(NC)cc(SCCCO)n1. The summed E-state index contributed by atoms with van der Waals surface area (Å²) in [7, 11) is 1.83. The second-order valence-corrected chi connectivity index (χ2v) is 4.44. The number of aliphatic hydroxyl groups excluding tert-OH is 1. The minimum absolute atomic E-state index is 0.211. The van der Waals surface area contributed by atoms with E-state index in [1.165, 1.54) is 0 Å². The van der Waals surface area contributed by atoms with Crippen LogP contribution in [0.3, 0.4) is 0 Å². The smallest absolute Gasteiger partial charge is 0.157 e. The molecule has 1 aromatic heterocycles. The molecule has 0 saturated carbocycles. The highest BCUT2D eigenvalue weighted by Gasteiger charge is 2.04. The second kappa shape index (κ2) is 8.27. The fourth-order valence-corrected chi connectivity index (χ4v) is 2.02. The molecule has 5 nitrogen and oxygen atoms in total. The first-order valence-corrected chi connectivity index (χ1v) is 6.65. The predicted molar refractivity (Wildman–Crippen MR) is 69.3 cm³/mol. The number of thioether (sulfide) groups is 1. The van der Waals surface area contributed by atoms with Crippen LogP contribution in [0.15, 0.2) is 11.1 Å². The Hall–Kier alpha value is -0.850. The van der Waals surface area contributed by atoms with Crippen molar-refractivity contribution in [2.75, 3.05) is 31.3 Å². The van der Waals surface area contributed by atoms with E-state index in [1.54, 1.807) is 11.8 Å². The maximum atomic E-state index is 8.74. The predicted octanol–water partition coefficient (Wildman–Crippen LogP) is 1.53. The van der Waals surface area contributed by atoms with E-state index in [0.29, 0.717) is 19.0 Å². The van der Waals surface area contributed by atoms with Gasteiger partial charge in [0.15, 0.2) is 5.82 Å². The van der Waals surface area contributed by atoms with Gasteiger partial charge in [0.2, 0.25) is 0 Å². The molecule has 0 fully saturated rings. The summed E-state index contributed by atoms with van der Waals surface area (Å²) < 4.78 is 5.30. The number of nitrogens with one attached hydrogen (secondary N) is 1. The first-order valence-electron chi connectivity index (χ1n) is 5.67. The van der Waals surface area contributed by atoms with Crippen molar-refractivity contribution in [2.45, 2.75) is 25.0 Å². The summed E-state index contributed by atoms with van der Waals surface area (Å²) in [6, 6.07) is 1.90. The van der Waals surface area contributed by atoms with Crippen LogP contribution >= 0.6 is 11.8 Å². The standard InChI is InChI=1S/C11H19N3O2S/c1-3-16-8-10-13-9(12-2)7-11(14-10)17-6-4-5-15/h7,15H,3-6,8H2,1-2H3,(H,12,13,14). The topological polar surface area (TPSA) is 67.3 Å². The number of hydrogen-bond acceptors (Lipinski definition) is 6. The van der Waals surface area contributed by atoms with E-state index in [4.69, 9.17) is 9.84 Å². The molecule has 0 aliphatic heterocycles. The van der Waals surface area contributed by atoms with Gasteiger partial charge in [-0.25, -0.2) is 9.97 Å². The Morgan fingerprint density at radius 3 is 2.94 bits per heavy atom. The number of rotatable bonds is 8. The monoisotopic (exact) mass is 257 g/mol. The maximum absolute atomic E-state index is 8.74. The van der Waals surface area contributed by atoms with Crippen molar-refractivity contribution in [1.29, 1.82) is 0 Å². The van der Waals surface area contributed by atoms with E-state index >= 15 is 0 Å². The summed E-state index contributed by atoms with van der Waals surface area (Å²) in [6.45, 7) is 3.24. The number of aliphatic hydroxyl groups is 1. The zero-order valence-corrected chi connectivity index (χ0v) is 11.1. The minimum Gasteiger partial charge on any atom is -0.396 e. The highest BCUT2D eigenvalue weighted by Crippen LogP contribution is 2.19. The molecule has 0 aromatic carbocycles. The van der Waals surface area contributed by atoms with Crippen LogP contribution in [0.1, 0.15) is 19.2 Å². The lowest BCUT2D eigenvalue weighted by Crippen LogP contribution is -2.03. The van der Waals surface area contributed by atoms with Gasteiger partial charge >= 0.3 is 0 Å². The zero-order valence-electron chi connectivity index (χ0n) is 10.3. The summed E-state index contributed by atoms with van der Waals surface area (Å²) in [4.78, 5) is 8.70. The molecule has 0 spiro atoms. The quantitative estimate of drug-likeness (QED) is 0.418. The van der Waals surface area contributed by atoms with Crippen LogP contribution in [0.5, 0.6) is 0 Å². The summed E-state index contributed by atoms with van der Waals surface area (Å²) in [5.41, 5.74) is 0. The molecule has 17 heavy (non-hydrogen) atoms. The van der Waals surface area contributed by atoms with Crippen molar-refractivity contribution in [3.63, 3.8) is 0 Å². The van der Waals surface area contributed by atoms with Gasteiger partial charge in [-0.1, -0.05) is 0 Å². The van der Waals surface area contributed by atoms with Gasteiger partial charge in [-0.15, -0.1) is 11.8 Å². The molecule has 0 saturated heterocycles.